The number of aromatic nitrogens is 1. The zero-order chi connectivity index (χ0) is 16.4. The number of thioether (sulfide) groups is 1. The second-order valence-corrected chi connectivity index (χ2v) is 6.57. The van der Waals surface area contributed by atoms with Crippen molar-refractivity contribution >= 4 is 11.8 Å². The van der Waals surface area contributed by atoms with Crippen LogP contribution in [0.3, 0.4) is 0 Å². The van der Waals surface area contributed by atoms with Gasteiger partial charge in [-0.3, -0.25) is 4.98 Å². The quantitative estimate of drug-likeness (QED) is 0.850. The molecule has 0 spiro atoms. The van der Waals surface area contributed by atoms with Gasteiger partial charge in [0.05, 0.1) is 23.4 Å². The number of hydrogen-bond donors (Lipinski definition) is 1. The van der Waals surface area contributed by atoms with Gasteiger partial charge in [0.25, 0.3) is 0 Å². The molecule has 112 valence electrons. The lowest BCUT2D eigenvalue weighted by Crippen LogP contribution is -2.43. The summed E-state index contributed by atoms with van der Waals surface area (Å²) in [5.74, 6) is 1.07. The topological polar surface area (TPSA) is 110 Å². The molecule has 1 aliphatic heterocycles. The number of nitrogens with zero attached hydrogens (tertiary/aromatic N) is 4. The van der Waals surface area contributed by atoms with Crippen molar-refractivity contribution in [3.63, 3.8) is 0 Å². The van der Waals surface area contributed by atoms with E-state index in [1.807, 2.05) is 18.2 Å². The third kappa shape index (κ3) is 2.10. The number of fused-ring (bicyclic) bond motifs is 1. The first-order chi connectivity index (χ1) is 11.2. The molecule has 0 saturated carbocycles. The second kappa shape index (κ2) is 5.80. The van der Waals surface area contributed by atoms with Gasteiger partial charge in [-0.15, -0.1) is 0 Å². The van der Waals surface area contributed by atoms with E-state index in [1.165, 1.54) is 0 Å². The lowest BCUT2D eigenvalue weighted by Gasteiger charge is -2.43. The number of rotatable bonds is 1. The smallest absolute Gasteiger partial charge is 0.191 e. The molecule has 2 atom stereocenters. The molecule has 0 unspecified atom stereocenters. The van der Waals surface area contributed by atoms with Crippen LogP contribution in [0.15, 0.2) is 47.4 Å². The zero-order valence-corrected chi connectivity index (χ0v) is 13.0. The number of nitrogens with two attached hydrogens (primary N) is 1. The van der Waals surface area contributed by atoms with E-state index in [1.54, 1.807) is 24.2 Å². The Morgan fingerprint density at radius 1 is 1.22 bits per heavy atom. The summed E-state index contributed by atoms with van der Waals surface area (Å²) >= 11 is 1.73. The van der Waals surface area contributed by atoms with E-state index < -0.39 is 11.3 Å². The Morgan fingerprint density at radius 3 is 2.52 bits per heavy atom. The fourth-order valence-electron chi connectivity index (χ4n) is 3.43. The van der Waals surface area contributed by atoms with Crippen molar-refractivity contribution in [1.82, 2.24) is 4.98 Å². The van der Waals surface area contributed by atoms with Crippen LogP contribution in [-0.4, -0.2) is 16.5 Å². The molecular weight excluding hydrogens is 306 g/mol. The normalized spacial score (nSPS) is 25.3. The second-order valence-electron chi connectivity index (χ2n) is 5.49. The summed E-state index contributed by atoms with van der Waals surface area (Å²) in [7, 11) is 0. The Morgan fingerprint density at radius 2 is 1.91 bits per heavy atom. The lowest BCUT2D eigenvalue weighted by atomic mass is 9.59. The van der Waals surface area contributed by atoms with Crippen molar-refractivity contribution in [2.45, 2.75) is 5.92 Å². The van der Waals surface area contributed by atoms with Crippen LogP contribution < -0.4 is 5.73 Å². The van der Waals surface area contributed by atoms with Crippen LogP contribution in [0.1, 0.15) is 11.5 Å². The van der Waals surface area contributed by atoms with Crippen molar-refractivity contribution in [1.29, 1.82) is 15.8 Å². The number of allylic oxidation sites excluding steroid dienone is 3. The molecule has 0 aromatic carbocycles. The van der Waals surface area contributed by atoms with Gasteiger partial charge < -0.3 is 5.73 Å². The van der Waals surface area contributed by atoms with Gasteiger partial charge in [0, 0.05) is 35.7 Å². The summed E-state index contributed by atoms with van der Waals surface area (Å²) in [5, 5.41) is 29.1. The molecule has 1 aliphatic carbocycles. The SMILES string of the molecule is N#CC1=C(N)C(C#N)(C#N)[C@H](c2ccncc2)[C@H]2CSCC=C12. The van der Waals surface area contributed by atoms with E-state index in [0.717, 1.165) is 22.6 Å². The van der Waals surface area contributed by atoms with Gasteiger partial charge in [-0.25, -0.2) is 0 Å². The minimum atomic E-state index is -1.54. The maximum absolute atomic E-state index is 9.81. The average Bonchev–Trinajstić information content (AvgIpc) is 2.61. The van der Waals surface area contributed by atoms with Gasteiger partial charge >= 0.3 is 0 Å². The van der Waals surface area contributed by atoms with Crippen molar-refractivity contribution in [2.24, 2.45) is 17.1 Å². The van der Waals surface area contributed by atoms with Gasteiger partial charge in [0.2, 0.25) is 0 Å². The van der Waals surface area contributed by atoms with Crippen LogP contribution in [0.2, 0.25) is 0 Å². The van der Waals surface area contributed by atoms with E-state index >= 15 is 0 Å². The van der Waals surface area contributed by atoms with Crippen LogP contribution in [-0.2, 0) is 0 Å². The summed E-state index contributed by atoms with van der Waals surface area (Å²) in [6.45, 7) is 0. The highest BCUT2D eigenvalue weighted by Crippen LogP contribution is 2.54. The van der Waals surface area contributed by atoms with E-state index in [4.69, 9.17) is 5.73 Å². The molecule has 2 N–H and O–H groups in total. The van der Waals surface area contributed by atoms with Crippen molar-refractivity contribution < 1.29 is 0 Å². The van der Waals surface area contributed by atoms with E-state index in [-0.39, 0.29) is 11.6 Å². The molecule has 0 amide bonds. The molecule has 1 aromatic heterocycles. The molecule has 2 aliphatic rings. The monoisotopic (exact) mass is 319 g/mol. The fourth-order valence-corrected chi connectivity index (χ4v) is 4.49. The molecule has 5 nitrogen and oxygen atoms in total. The van der Waals surface area contributed by atoms with Crippen molar-refractivity contribution in [3.8, 4) is 18.2 Å². The fraction of sp³-hybridized carbons (Fsp3) is 0.294. The summed E-state index contributed by atoms with van der Waals surface area (Å²) in [6, 6.07) is 9.96. The summed E-state index contributed by atoms with van der Waals surface area (Å²) in [5.41, 5.74) is 6.72. The first-order valence-corrected chi connectivity index (χ1v) is 8.26. The zero-order valence-electron chi connectivity index (χ0n) is 12.2. The van der Waals surface area contributed by atoms with Crippen molar-refractivity contribution in [3.05, 3.63) is 53.0 Å². The van der Waals surface area contributed by atoms with Gasteiger partial charge in [-0.2, -0.15) is 27.5 Å². The van der Waals surface area contributed by atoms with Crippen LogP contribution in [0.4, 0.5) is 0 Å². The maximum atomic E-state index is 9.81. The molecule has 3 rings (SSSR count). The molecule has 2 heterocycles. The number of nitriles is 3. The Kier molecular flexibility index (Phi) is 3.82. The molecular formula is C17H13N5S. The summed E-state index contributed by atoms with van der Waals surface area (Å²) in [6.07, 6.45) is 5.29. The third-order valence-electron chi connectivity index (χ3n) is 4.50. The molecule has 6 heteroatoms. The molecule has 1 aromatic rings. The van der Waals surface area contributed by atoms with Crippen molar-refractivity contribution in [2.75, 3.05) is 11.5 Å². The summed E-state index contributed by atoms with van der Waals surface area (Å²) in [4.78, 5) is 4.01. The van der Waals surface area contributed by atoms with Crippen LogP contribution in [0.25, 0.3) is 0 Å². The Labute approximate surface area is 138 Å². The Hall–Kier alpha value is -2.75. The first kappa shape index (κ1) is 15.2. The predicted octanol–water partition coefficient (Wildman–Crippen LogP) is 2.24. The third-order valence-corrected chi connectivity index (χ3v) is 5.50. The highest BCUT2D eigenvalue weighted by molar-refractivity contribution is 7.99. The maximum Gasteiger partial charge on any atom is 0.191 e. The van der Waals surface area contributed by atoms with E-state index in [9.17, 15) is 15.8 Å². The molecule has 0 fully saturated rings. The Bertz CT molecular complexity index is 805. The average molecular weight is 319 g/mol. The molecule has 23 heavy (non-hydrogen) atoms. The van der Waals surface area contributed by atoms with Crippen LogP contribution >= 0.6 is 11.8 Å². The van der Waals surface area contributed by atoms with Crippen LogP contribution in [0, 0.1) is 45.3 Å². The van der Waals surface area contributed by atoms with E-state index in [0.29, 0.717) is 5.57 Å². The standard InChI is InChI=1S/C17H13N5S/c18-7-13-12-3-6-23-8-14(12)15(11-1-4-22-5-2-11)17(9-19,10-20)16(13)21/h1-5,14-15H,6,8,21H2/t14-,15+/m0/s1. The lowest BCUT2D eigenvalue weighted by molar-refractivity contribution is 0.368. The van der Waals surface area contributed by atoms with Crippen LogP contribution in [0.5, 0.6) is 0 Å². The predicted molar refractivity (Wildman–Crippen MR) is 86.4 cm³/mol. The molecule has 0 bridgehead atoms. The highest BCUT2D eigenvalue weighted by Gasteiger charge is 2.53. The molecule has 0 radical (unpaired) electrons. The van der Waals surface area contributed by atoms with Gasteiger partial charge in [0.15, 0.2) is 5.41 Å². The largest absolute Gasteiger partial charge is 0.399 e. The summed E-state index contributed by atoms with van der Waals surface area (Å²) < 4.78 is 0. The minimum absolute atomic E-state index is 0.0706. The number of pyridine rings is 1. The van der Waals surface area contributed by atoms with Gasteiger partial charge in [-0.1, -0.05) is 6.08 Å². The Balaban J connectivity index is 2.33. The first-order valence-electron chi connectivity index (χ1n) is 7.10. The molecule has 0 saturated heterocycles. The van der Waals surface area contributed by atoms with E-state index in [2.05, 4.69) is 23.2 Å². The minimum Gasteiger partial charge on any atom is -0.399 e. The van der Waals surface area contributed by atoms with Gasteiger partial charge in [-0.05, 0) is 23.3 Å². The number of hydrogen-bond acceptors (Lipinski definition) is 6. The highest BCUT2D eigenvalue weighted by atomic mass is 32.2. The van der Waals surface area contributed by atoms with Gasteiger partial charge in [0.1, 0.15) is 6.07 Å².